The predicted molar refractivity (Wildman–Crippen MR) is 128 cm³/mol. The number of aliphatic hydroxyl groups excluding tert-OH is 1. The molecule has 1 unspecified atom stereocenters. The predicted octanol–water partition coefficient (Wildman–Crippen LogP) is 3.51. The second kappa shape index (κ2) is 11.9. The van der Waals surface area contributed by atoms with Crippen LogP contribution in [-0.4, -0.2) is 39.8 Å². The maximum atomic E-state index is 10.6. The number of nitrogens with one attached hydrogen (secondary N) is 2. The Balaban J connectivity index is 1.58. The Hall–Kier alpha value is -3.32. The Bertz CT molecular complexity index is 968. The summed E-state index contributed by atoms with van der Waals surface area (Å²) >= 11 is 0. The molecule has 1 atom stereocenters. The standard InChI is InChI=1S/C25H33N5O2/c1-4-26-25(28-16-23(31)21-10-12-22(13-11-21)32-19(2)3)29-17-24-27-14-15-30(24)18-20-8-6-5-7-9-20/h5-15,19,23,31H,4,16-18H2,1-3H3,(H2,26,28,29). The van der Waals surface area contributed by atoms with Crippen LogP contribution in [-0.2, 0) is 13.1 Å². The number of benzene rings is 2. The monoisotopic (exact) mass is 435 g/mol. The van der Waals surface area contributed by atoms with Crippen molar-refractivity contribution in [3.63, 3.8) is 0 Å². The number of imidazole rings is 1. The van der Waals surface area contributed by atoms with Crippen molar-refractivity contribution in [2.75, 3.05) is 13.1 Å². The maximum absolute atomic E-state index is 10.6. The van der Waals surface area contributed by atoms with Gasteiger partial charge in [0.05, 0.1) is 12.2 Å². The molecule has 0 radical (unpaired) electrons. The summed E-state index contributed by atoms with van der Waals surface area (Å²) in [5.41, 5.74) is 2.04. The molecule has 0 amide bonds. The minimum atomic E-state index is -0.660. The van der Waals surface area contributed by atoms with Crippen LogP contribution >= 0.6 is 0 Å². The average Bonchev–Trinajstić information content (AvgIpc) is 3.23. The first-order chi connectivity index (χ1) is 15.5. The molecule has 3 rings (SSSR count). The number of aliphatic imine (C=N–C) groups is 1. The summed E-state index contributed by atoms with van der Waals surface area (Å²) in [4.78, 5) is 9.11. The van der Waals surface area contributed by atoms with E-state index < -0.39 is 6.10 Å². The van der Waals surface area contributed by atoms with E-state index in [0.29, 0.717) is 19.0 Å². The summed E-state index contributed by atoms with van der Waals surface area (Å²) in [6, 6.07) is 17.8. The molecule has 0 aliphatic carbocycles. The molecule has 0 fully saturated rings. The number of nitrogens with zero attached hydrogens (tertiary/aromatic N) is 3. The van der Waals surface area contributed by atoms with Crippen LogP contribution in [0.5, 0.6) is 5.75 Å². The van der Waals surface area contributed by atoms with Crippen LogP contribution in [0.25, 0.3) is 0 Å². The number of aromatic nitrogens is 2. The van der Waals surface area contributed by atoms with E-state index in [0.717, 1.165) is 30.2 Å². The topological polar surface area (TPSA) is 83.7 Å². The van der Waals surface area contributed by atoms with Crippen molar-refractivity contribution in [2.24, 2.45) is 4.99 Å². The zero-order chi connectivity index (χ0) is 22.8. The van der Waals surface area contributed by atoms with Crippen LogP contribution in [0, 0.1) is 0 Å². The summed E-state index contributed by atoms with van der Waals surface area (Å²) in [5, 5.41) is 17.0. The number of ether oxygens (including phenoxy) is 1. The molecule has 2 aromatic carbocycles. The highest BCUT2D eigenvalue weighted by Crippen LogP contribution is 2.18. The van der Waals surface area contributed by atoms with Gasteiger partial charge >= 0.3 is 0 Å². The maximum Gasteiger partial charge on any atom is 0.191 e. The molecule has 0 aliphatic rings. The highest BCUT2D eigenvalue weighted by molar-refractivity contribution is 5.79. The molecule has 7 nitrogen and oxygen atoms in total. The van der Waals surface area contributed by atoms with Gasteiger partial charge in [0.1, 0.15) is 18.1 Å². The van der Waals surface area contributed by atoms with Gasteiger partial charge in [-0.15, -0.1) is 0 Å². The molecule has 0 bridgehead atoms. The fraction of sp³-hybridized carbons (Fsp3) is 0.360. The number of aliphatic hydroxyl groups is 1. The molecule has 170 valence electrons. The molecule has 3 N–H and O–H groups in total. The van der Waals surface area contributed by atoms with Crippen LogP contribution in [0.1, 0.15) is 43.8 Å². The van der Waals surface area contributed by atoms with Gasteiger partial charge in [-0.25, -0.2) is 9.98 Å². The molecule has 7 heteroatoms. The average molecular weight is 436 g/mol. The smallest absolute Gasteiger partial charge is 0.191 e. The summed E-state index contributed by atoms with van der Waals surface area (Å²) in [5.74, 6) is 2.32. The Labute approximate surface area is 190 Å². The minimum Gasteiger partial charge on any atom is -0.491 e. The third kappa shape index (κ3) is 7.13. The van der Waals surface area contributed by atoms with Crippen molar-refractivity contribution in [1.29, 1.82) is 0 Å². The first kappa shape index (κ1) is 23.3. The fourth-order valence-corrected chi connectivity index (χ4v) is 3.26. The molecule has 1 heterocycles. The van der Waals surface area contributed by atoms with Crippen LogP contribution in [0.3, 0.4) is 0 Å². The minimum absolute atomic E-state index is 0.120. The van der Waals surface area contributed by atoms with E-state index in [2.05, 4.69) is 37.3 Å². The fourth-order valence-electron chi connectivity index (χ4n) is 3.26. The first-order valence-corrected chi connectivity index (χ1v) is 11.1. The van der Waals surface area contributed by atoms with Crippen LogP contribution in [0.15, 0.2) is 72.0 Å². The van der Waals surface area contributed by atoms with Crippen molar-refractivity contribution in [3.05, 3.63) is 83.9 Å². The molecule has 3 aromatic rings. The van der Waals surface area contributed by atoms with Gasteiger partial charge in [0.2, 0.25) is 0 Å². The van der Waals surface area contributed by atoms with Gasteiger partial charge in [0, 0.05) is 32.0 Å². The Morgan fingerprint density at radius 3 is 2.53 bits per heavy atom. The summed E-state index contributed by atoms with van der Waals surface area (Å²) in [7, 11) is 0. The highest BCUT2D eigenvalue weighted by Gasteiger charge is 2.10. The van der Waals surface area contributed by atoms with E-state index in [1.165, 1.54) is 5.56 Å². The number of hydrogen-bond acceptors (Lipinski definition) is 4. The third-order valence-electron chi connectivity index (χ3n) is 4.82. The van der Waals surface area contributed by atoms with Crippen molar-refractivity contribution < 1.29 is 9.84 Å². The van der Waals surface area contributed by atoms with Crippen molar-refractivity contribution in [3.8, 4) is 5.75 Å². The molecule has 0 aliphatic heterocycles. The Morgan fingerprint density at radius 1 is 1.09 bits per heavy atom. The SMILES string of the molecule is CCNC(=NCc1nccn1Cc1ccccc1)NCC(O)c1ccc(OC(C)C)cc1. The van der Waals surface area contributed by atoms with E-state index >= 15 is 0 Å². The lowest BCUT2D eigenvalue weighted by atomic mass is 10.1. The molecular weight excluding hydrogens is 402 g/mol. The second-order valence-corrected chi connectivity index (χ2v) is 7.78. The Morgan fingerprint density at radius 2 is 1.84 bits per heavy atom. The van der Waals surface area contributed by atoms with E-state index in [4.69, 9.17) is 4.74 Å². The van der Waals surface area contributed by atoms with Crippen molar-refractivity contribution in [2.45, 2.75) is 46.1 Å². The largest absolute Gasteiger partial charge is 0.491 e. The van der Waals surface area contributed by atoms with Crippen LogP contribution in [0.4, 0.5) is 0 Å². The van der Waals surface area contributed by atoms with Crippen molar-refractivity contribution >= 4 is 5.96 Å². The van der Waals surface area contributed by atoms with E-state index in [9.17, 15) is 5.11 Å². The summed E-state index contributed by atoms with van der Waals surface area (Å²) in [6.45, 7) is 8.25. The molecular formula is C25H33N5O2. The summed E-state index contributed by atoms with van der Waals surface area (Å²) < 4.78 is 7.75. The number of guanidine groups is 1. The van der Waals surface area contributed by atoms with Gasteiger partial charge in [-0.1, -0.05) is 42.5 Å². The molecule has 0 spiro atoms. The zero-order valence-corrected chi connectivity index (χ0v) is 19.0. The van der Waals surface area contributed by atoms with E-state index in [-0.39, 0.29) is 6.10 Å². The Kier molecular flexibility index (Phi) is 8.69. The van der Waals surface area contributed by atoms with E-state index in [1.54, 1.807) is 6.20 Å². The highest BCUT2D eigenvalue weighted by atomic mass is 16.5. The summed E-state index contributed by atoms with van der Waals surface area (Å²) in [6.07, 6.45) is 3.22. The lowest BCUT2D eigenvalue weighted by Gasteiger charge is -2.16. The number of hydrogen-bond donors (Lipinski definition) is 3. The van der Waals surface area contributed by atoms with Gasteiger partial charge in [0.15, 0.2) is 5.96 Å². The molecule has 0 saturated carbocycles. The van der Waals surface area contributed by atoms with Crippen LogP contribution in [0.2, 0.25) is 0 Å². The molecule has 1 aromatic heterocycles. The normalized spacial score (nSPS) is 12.6. The van der Waals surface area contributed by atoms with Crippen molar-refractivity contribution in [1.82, 2.24) is 20.2 Å². The van der Waals surface area contributed by atoms with E-state index in [1.807, 2.05) is 69.4 Å². The van der Waals surface area contributed by atoms with Gasteiger partial charge < -0.3 is 25.0 Å². The van der Waals surface area contributed by atoms with Gasteiger partial charge in [0.25, 0.3) is 0 Å². The first-order valence-electron chi connectivity index (χ1n) is 11.1. The molecule has 32 heavy (non-hydrogen) atoms. The quantitative estimate of drug-likeness (QED) is 0.335. The zero-order valence-electron chi connectivity index (χ0n) is 19.0. The number of rotatable bonds is 10. The lowest BCUT2D eigenvalue weighted by Crippen LogP contribution is -2.39. The second-order valence-electron chi connectivity index (χ2n) is 7.78. The van der Waals surface area contributed by atoms with Gasteiger partial charge in [-0.3, -0.25) is 0 Å². The van der Waals surface area contributed by atoms with Crippen LogP contribution < -0.4 is 15.4 Å². The lowest BCUT2D eigenvalue weighted by molar-refractivity contribution is 0.180. The molecule has 0 saturated heterocycles. The van der Waals surface area contributed by atoms with Gasteiger partial charge in [-0.2, -0.15) is 0 Å². The third-order valence-corrected chi connectivity index (χ3v) is 4.82. The van der Waals surface area contributed by atoms with Gasteiger partial charge in [-0.05, 0) is 44.0 Å².